The van der Waals surface area contributed by atoms with Gasteiger partial charge in [0.25, 0.3) is 0 Å². The van der Waals surface area contributed by atoms with Gasteiger partial charge in [-0.15, -0.1) is 0 Å². The summed E-state index contributed by atoms with van der Waals surface area (Å²) in [6.45, 7) is 1.63. The Morgan fingerprint density at radius 2 is 1.40 bits per heavy atom. The number of ether oxygens (including phenoxy) is 1. The number of fused-ring (bicyclic) bond motifs is 1. The van der Waals surface area contributed by atoms with E-state index in [4.69, 9.17) is 17.0 Å². The molecule has 3 aromatic rings. The molecule has 4 rings (SSSR count). The molecule has 3 aromatic carbocycles. The molecule has 0 fully saturated rings. The van der Waals surface area contributed by atoms with Crippen LogP contribution in [0.3, 0.4) is 0 Å². The van der Waals surface area contributed by atoms with Crippen molar-refractivity contribution >= 4 is 34.6 Å². The van der Waals surface area contributed by atoms with Crippen LogP contribution in [0.1, 0.15) is 40.8 Å². The van der Waals surface area contributed by atoms with Gasteiger partial charge in [-0.2, -0.15) is 39.5 Å². The van der Waals surface area contributed by atoms with Crippen molar-refractivity contribution in [3.05, 3.63) is 88.5 Å². The summed E-state index contributed by atoms with van der Waals surface area (Å²) in [7, 11) is 0. The Kier molecular flexibility index (Phi) is 8.36. The zero-order valence-corrected chi connectivity index (χ0v) is 22.1. The summed E-state index contributed by atoms with van der Waals surface area (Å²) in [5.74, 6) is -0.232. The first kappa shape index (κ1) is 30.9. The molecule has 15 heteroatoms. The molecule has 224 valence electrons. The van der Waals surface area contributed by atoms with E-state index in [-0.39, 0.29) is 23.9 Å². The highest BCUT2D eigenvalue weighted by molar-refractivity contribution is 7.80. The minimum atomic E-state index is -5.18. The van der Waals surface area contributed by atoms with E-state index in [0.717, 1.165) is 17.2 Å². The Hall–Kier alpha value is -4.01. The average molecular weight is 622 g/mol. The van der Waals surface area contributed by atoms with Gasteiger partial charge in [-0.3, -0.25) is 0 Å². The minimum absolute atomic E-state index is 0.131. The third-order valence-electron chi connectivity index (χ3n) is 6.22. The van der Waals surface area contributed by atoms with Gasteiger partial charge in [0.2, 0.25) is 0 Å². The average Bonchev–Trinajstić information content (AvgIpc) is 3.19. The normalized spacial score (nSPS) is 16.9. The van der Waals surface area contributed by atoms with Gasteiger partial charge >= 0.3 is 24.6 Å². The number of anilines is 2. The maximum Gasteiger partial charge on any atom is 0.416 e. The summed E-state index contributed by atoms with van der Waals surface area (Å²) < 4.78 is 126. The summed E-state index contributed by atoms with van der Waals surface area (Å²) in [4.78, 5) is 13.1. The van der Waals surface area contributed by atoms with Crippen LogP contribution in [0.5, 0.6) is 5.75 Å². The van der Waals surface area contributed by atoms with E-state index in [2.05, 4.69) is 10.6 Å². The van der Waals surface area contributed by atoms with Crippen molar-refractivity contribution < 1.29 is 49.0 Å². The van der Waals surface area contributed by atoms with Gasteiger partial charge in [0.15, 0.2) is 0 Å². The Labute approximate surface area is 238 Å². The molecule has 0 radical (unpaired) electrons. The van der Waals surface area contributed by atoms with Crippen molar-refractivity contribution in [1.29, 1.82) is 0 Å². The predicted octanol–water partition coefficient (Wildman–Crippen LogP) is 8.37. The van der Waals surface area contributed by atoms with Crippen molar-refractivity contribution in [2.75, 3.05) is 10.6 Å². The molecule has 0 unspecified atom stereocenters. The standard InChI is InChI=1S/C27H20F9N3O2S/c1-13(42)37-23-19-5-3-2-4-14(19)8-22(23)41-21-7-6-15(25(28,29)30)12-20(21)39-24(40)38-18-10-16(26(31,32)33)9-17(11-18)27(34,35)36/h2-7,9-12,22-23H,8H2,1H3,(H,37,42)(H2,38,39,40)/t22-,23-/m1/s1. The fourth-order valence-electron chi connectivity index (χ4n) is 4.44. The zero-order chi connectivity index (χ0) is 31.0. The summed E-state index contributed by atoms with van der Waals surface area (Å²) in [6.07, 6.45) is -15.6. The van der Waals surface area contributed by atoms with Crippen molar-refractivity contribution in [2.45, 2.75) is 44.0 Å². The molecule has 0 spiro atoms. The number of hydrogen-bond donors (Lipinski definition) is 3. The molecule has 0 saturated heterocycles. The lowest BCUT2D eigenvalue weighted by Gasteiger charge is -2.25. The molecule has 0 aromatic heterocycles. The van der Waals surface area contributed by atoms with E-state index in [0.29, 0.717) is 23.5 Å². The van der Waals surface area contributed by atoms with Crippen LogP contribution in [-0.2, 0) is 24.9 Å². The second-order valence-corrected chi connectivity index (χ2v) is 9.93. The quantitative estimate of drug-likeness (QED) is 0.198. The van der Waals surface area contributed by atoms with Crippen LogP contribution < -0.4 is 20.7 Å². The molecule has 1 aliphatic rings. The molecule has 0 aliphatic heterocycles. The first-order valence-electron chi connectivity index (χ1n) is 12.0. The largest absolute Gasteiger partial charge is 0.485 e. The topological polar surface area (TPSA) is 62.4 Å². The fraction of sp³-hybridized carbons (Fsp3) is 0.259. The number of alkyl halides is 9. The van der Waals surface area contributed by atoms with Gasteiger partial charge in [0.1, 0.15) is 11.9 Å². The van der Waals surface area contributed by atoms with Gasteiger partial charge in [0, 0.05) is 12.1 Å². The van der Waals surface area contributed by atoms with E-state index in [1.54, 1.807) is 19.1 Å². The first-order valence-corrected chi connectivity index (χ1v) is 12.4. The molecule has 1 aliphatic carbocycles. The molecule has 3 N–H and O–H groups in total. The number of rotatable bonds is 5. The number of halogens is 9. The second kappa shape index (κ2) is 11.3. The monoisotopic (exact) mass is 621 g/mol. The van der Waals surface area contributed by atoms with Crippen molar-refractivity contribution in [3.63, 3.8) is 0 Å². The van der Waals surface area contributed by atoms with Crippen LogP contribution in [0.2, 0.25) is 0 Å². The maximum absolute atomic E-state index is 13.5. The number of urea groups is 1. The van der Waals surface area contributed by atoms with E-state index in [1.165, 1.54) is 0 Å². The van der Waals surface area contributed by atoms with E-state index >= 15 is 0 Å². The van der Waals surface area contributed by atoms with Crippen LogP contribution in [0.15, 0.2) is 60.7 Å². The SMILES string of the molecule is CC(=S)N[C@@H]1c2ccccc2C[C@H]1Oc1ccc(C(F)(F)F)cc1NC(=O)Nc1cc(C(F)(F)F)cc(C(F)(F)F)c1. The number of carbonyl (C=O) groups is 1. The highest BCUT2D eigenvalue weighted by Gasteiger charge is 2.38. The van der Waals surface area contributed by atoms with Crippen LogP contribution in [-0.4, -0.2) is 17.1 Å². The molecule has 5 nitrogen and oxygen atoms in total. The van der Waals surface area contributed by atoms with Crippen molar-refractivity contribution in [1.82, 2.24) is 5.32 Å². The Balaban J connectivity index is 1.65. The third kappa shape index (κ3) is 7.24. The minimum Gasteiger partial charge on any atom is -0.485 e. The fourth-order valence-corrected chi connectivity index (χ4v) is 4.57. The molecule has 0 heterocycles. The summed E-state index contributed by atoms with van der Waals surface area (Å²) in [6, 6.07) is 7.89. The molecule has 0 saturated carbocycles. The van der Waals surface area contributed by atoms with Gasteiger partial charge in [-0.1, -0.05) is 36.5 Å². The van der Waals surface area contributed by atoms with Crippen molar-refractivity contribution in [2.24, 2.45) is 0 Å². The van der Waals surface area contributed by atoms with Gasteiger partial charge in [-0.05, 0) is 54.4 Å². The van der Waals surface area contributed by atoms with E-state index < -0.39 is 64.8 Å². The molecule has 2 atom stereocenters. The predicted molar refractivity (Wildman–Crippen MR) is 139 cm³/mol. The van der Waals surface area contributed by atoms with Crippen LogP contribution >= 0.6 is 12.2 Å². The maximum atomic E-state index is 13.5. The number of carbonyl (C=O) groups excluding carboxylic acids is 1. The summed E-state index contributed by atoms with van der Waals surface area (Å²) in [5.41, 5.74) is -4.29. The number of thiocarbonyl (C=S) groups is 1. The number of amides is 2. The lowest BCUT2D eigenvalue weighted by atomic mass is 10.1. The van der Waals surface area contributed by atoms with Gasteiger partial charge < -0.3 is 20.7 Å². The third-order valence-corrected chi connectivity index (χ3v) is 6.34. The molecule has 42 heavy (non-hydrogen) atoms. The van der Waals surface area contributed by atoms with E-state index in [9.17, 15) is 44.3 Å². The summed E-state index contributed by atoms with van der Waals surface area (Å²) in [5, 5.41) is 6.96. The molecule has 2 amide bonds. The molecule has 0 bridgehead atoms. The number of nitrogens with one attached hydrogen (secondary N) is 3. The summed E-state index contributed by atoms with van der Waals surface area (Å²) >= 11 is 5.15. The lowest BCUT2D eigenvalue weighted by Crippen LogP contribution is -2.35. The Morgan fingerprint density at radius 1 is 0.810 bits per heavy atom. The zero-order valence-electron chi connectivity index (χ0n) is 21.3. The van der Waals surface area contributed by atoms with Gasteiger partial charge in [0.05, 0.1) is 33.4 Å². The Bertz CT molecular complexity index is 1470. The number of benzene rings is 3. The lowest BCUT2D eigenvalue weighted by molar-refractivity contribution is -0.143. The van der Waals surface area contributed by atoms with E-state index in [1.807, 2.05) is 17.4 Å². The molecular formula is C27H20F9N3O2S. The van der Waals surface area contributed by atoms with Crippen LogP contribution in [0.4, 0.5) is 55.7 Å². The first-order chi connectivity index (χ1) is 19.4. The smallest absolute Gasteiger partial charge is 0.416 e. The highest BCUT2D eigenvalue weighted by atomic mass is 32.1. The van der Waals surface area contributed by atoms with Gasteiger partial charge in [-0.25, -0.2) is 4.79 Å². The Morgan fingerprint density at radius 3 is 1.98 bits per heavy atom. The second-order valence-electron chi connectivity index (χ2n) is 9.32. The highest BCUT2D eigenvalue weighted by Crippen LogP contribution is 2.40. The van der Waals surface area contributed by atoms with Crippen LogP contribution in [0, 0.1) is 0 Å². The molecular weight excluding hydrogens is 601 g/mol. The van der Waals surface area contributed by atoms with Crippen molar-refractivity contribution in [3.8, 4) is 5.75 Å². The number of hydrogen-bond acceptors (Lipinski definition) is 3. The van der Waals surface area contributed by atoms with Crippen LogP contribution in [0.25, 0.3) is 0 Å².